The molecule has 0 saturated carbocycles. The molecule has 1 aromatic carbocycles. The molecule has 0 aromatic heterocycles. The van der Waals surface area contributed by atoms with Crippen molar-refractivity contribution in [3.63, 3.8) is 0 Å². The zero-order valence-corrected chi connectivity index (χ0v) is 13.1. The first-order valence-electron chi connectivity index (χ1n) is 7.32. The van der Waals surface area contributed by atoms with Crippen LogP contribution in [0.5, 0.6) is 0 Å². The molecular weight excluding hydrogens is 307 g/mol. The average Bonchev–Trinajstić information content (AvgIpc) is 2.55. The van der Waals surface area contributed by atoms with E-state index >= 15 is 0 Å². The maximum atomic E-state index is 14.1. The standard InChI is InChI=1S/C19H14BF2NO/c1-3-18(24-2)12-6-7-23-11-13(4-5-15(23)8-12)19-16(20)9-14(21)10-17(19)22/h5-11H,1,4H2,2H3. The van der Waals surface area contributed by atoms with E-state index < -0.39 is 11.6 Å². The van der Waals surface area contributed by atoms with Crippen molar-refractivity contribution < 1.29 is 13.5 Å². The number of hydrogen-bond donors (Lipinski definition) is 0. The molecule has 0 unspecified atom stereocenters. The second kappa shape index (κ2) is 6.38. The summed E-state index contributed by atoms with van der Waals surface area (Å²) in [5, 5.41) is 0. The first-order valence-corrected chi connectivity index (χ1v) is 7.32. The van der Waals surface area contributed by atoms with Crippen LogP contribution >= 0.6 is 0 Å². The zero-order valence-electron chi connectivity index (χ0n) is 13.1. The van der Waals surface area contributed by atoms with Crippen LogP contribution in [0.25, 0.3) is 5.57 Å². The summed E-state index contributed by atoms with van der Waals surface area (Å²) >= 11 is 0. The van der Waals surface area contributed by atoms with E-state index in [1.54, 1.807) is 13.3 Å². The lowest BCUT2D eigenvalue weighted by atomic mass is 9.85. The molecule has 1 aromatic rings. The van der Waals surface area contributed by atoms with Gasteiger partial charge in [-0.2, -0.15) is 0 Å². The second-order valence-corrected chi connectivity index (χ2v) is 5.37. The minimum Gasteiger partial charge on any atom is -0.489 e. The third-order valence-corrected chi connectivity index (χ3v) is 3.88. The minimum atomic E-state index is -0.685. The van der Waals surface area contributed by atoms with Gasteiger partial charge in [0.2, 0.25) is 0 Å². The van der Waals surface area contributed by atoms with E-state index in [4.69, 9.17) is 12.6 Å². The summed E-state index contributed by atoms with van der Waals surface area (Å²) in [6.45, 7) is 3.60. The fraction of sp³-hybridized carbons (Fsp3) is 0.105. The Morgan fingerprint density at radius 3 is 2.83 bits per heavy atom. The minimum absolute atomic E-state index is 0.0871. The van der Waals surface area contributed by atoms with Crippen molar-refractivity contribution in [2.45, 2.75) is 6.42 Å². The van der Waals surface area contributed by atoms with Gasteiger partial charge in [0.15, 0.2) is 5.76 Å². The summed E-state index contributed by atoms with van der Waals surface area (Å²) in [5.74, 6) is -0.797. The Balaban J connectivity index is 1.94. The molecule has 24 heavy (non-hydrogen) atoms. The van der Waals surface area contributed by atoms with E-state index in [9.17, 15) is 8.78 Å². The number of hydrogen-bond acceptors (Lipinski definition) is 2. The van der Waals surface area contributed by atoms with Crippen LogP contribution in [0.1, 0.15) is 12.0 Å². The van der Waals surface area contributed by atoms with Gasteiger partial charge in [-0.3, -0.25) is 0 Å². The van der Waals surface area contributed by atoms with Gasteiger partial charge in [0, 0.05) is 35.3 Å². The fourth-order valence-corrected chi connectivity index (χ4v) is 2.78. The predicted octanol–water partition coefficient (Wildman–Crippen LogP) is 3.46. The van der Waals surface area contributed by atoms with Gasteiger partial charge in [0.25, 0.3) is 0 Å². The van der Waals surface area contributed by atoms with Crippen LogP contribution in [0.3, 0.4) is 0 Å². The van der Waals surface area contributed by atoms with Gasteiger partial charge in [-0.1, -0.05) is 23.8 Å². The van der Waals surface area contributed by atoms with E-state index in [0.717, 1.165) is 23.4 Å². The van der Waals surface area contributed by atoms with Crippen molar-refractivity contribution in [1.82, 2.24) is 4.90 Å². The van der Waals surface area contributed by atoms with Crippen LogP contribution in [0.4, 0.5) is 8.78 Å². The number of benzene rings is 1. The first kappa shape index (κ1) is 16.1. The highest BCUT2D eigenvalue weighted by molar-refractivity contribution is 6.34. The number of nitrogens with zero attached hydrogens (tertiary/aromatic N) is 1. The maximum Gasteiger partial charge on any atom is 0.168 e. The molecule has 0 atom stereocenters. The summed E-state index contributed by atoms with van der Waals surface area (Å²) < 4.78 is 32.6. The third kappa shape index (κ3) is 2.86. The Morgan fingerprint density at radius 1 is 1.38 bits per heavy atom. The van der Waals surface area contributed by atoms with Crippen molar-refractivity contribution in [3.05, 3.63) is 89.3 Å². The van der Waals surface area contributed by atoms with Crippen molar-refractivity contribution in [1.29, 1.82) is 0 Å². The molecule has 5 heteroatoms. The van der Waals surface area contributed by atoms with Gasteiger partial charge in [-0.15, -0.1) is 0 Å². The highest BCUT2D eigenvalue weighted by Crippen LogP contribution is 2.31. The lowest BCUT2D eigenvalue weighted by molar-refractivity contribution is 0.303. The molecule has 0 spiro atoms. The molecule has 3 rings (SSSR count). The summed E-state index contributed by atoms with van der Waals surface area (Å²) in [7, 11) is 7.35. The van der Waals surface area contributed by atoms with E-state index in [2.05, 4.69) is 12.3 Å². The molecule has 2 aliphatic heterocycles. The molecule has 2 heterocycles. The molecule has 0 amide bonds. The topological polar surface area (TPSA) is 12.5 Å². The molecule has 0 saturated heterocycles. The van der Waals surface area contributed by atoms with E-state index in [1.807, 2.05) is 29.3 Å². The Kier molecular flexibility index (Phi) is 4.28. The van der Waals surface area contributed by atoms with Crippen molar-refractivity contribution in [3.8, 4) is 0 Å². The summed E-state index contributed by atoms with van der Waals surface area (Å²) in [6, 6.07) is 1.97. The summed E-state index contributed by atoms with van der Waals surface area (Å²) in [6.07, 6.45) is 9.81. The van der Waals surface area contributed by atoms with Crippen LogP contribution in [0, 0.1) is 11.6 Å². The van der Waals surface area contributed by atoms with E-state index in [1.165, 1.54) is 0 Å². The highest BCUT2D eigenvalue weighted by atomic mass is 19.1. The lowest BCUT2D eigenvalue weighted by Crippen LogP contribution is -2.19. The SMILES string of the molecule is [B]c1cc(F)cc(F)c1C1=CN2C=CC(C(=C=C)OC)=CC2=CC1. The number of fused-ring (bicyclic) bond motifs is 1. The van der Waals surface area contributed by atoms with Crippen LogP contribution in [0.2, 0.25) is 0 Å². The van der Waals surface area contributed by atoms with Crippen molar-refractivity contribution in [2.75, 3.05) is 7.11 Å². The lowest BCUT2D eigenvalue weighted by Gasteiger charge is -2.28. The fourth-order valence-electron chi connectivity index (χ4n) is 2.78. The Hall–Kier alpha value is -2.78. The molecule has 0 N–H and O–H groups in total. The number of allylic oxidation sites excluding steroid dienone is 4. The average molecular weight is 321 g/mol. The molecule has 118 valence electrons. The van der Waals surface area contributed by atoms with Crippen LogP contribution in [-0.4, -0.2) is 19.9 Å². The van der Waals surface area contributed by atoms with Crippen LogP contribution in [-0.2, 0) is 4.74 Å². The molecule has 0 fully saturated rings. The molecule has 2 nitrogen and oxygen atoms in total. The molecule has 2 aliphatic rings. The molecular formula is C19H14BF2NO. The Labute approximate surface area is 140 Å². The normalized spacial score (nSPS) is 15.8. The first-order chi connectivity index (χ1) is 11.5. The maximum absolute atomic E-state index is 14.1. The third-order valence-electron chi connectivity index (χ3n) is 3.88. The predicted molar refractivity (Wildman–Crippen MR) is 91.1 cm³/mol. The number of methoxy groups -OCH3 is 1. The van der Waals surface area contributed by atoms with Gasteiger partial charge in [0.1, 0.15) is 19.5 Å². The van der Waals surface area contributed by atoms with E-state index in [0.29, 0.717) is 17.8 Å². The Morgan fingerprint density at radius 2 is 2.17 bits per heavy atom. The highest BCUT2D eigenvalue weighted by Gasteiger charge is 2.19. The number of ether oxygens (including phenoxy) is 1. The largest absolute Gasteiger partial charge is 0.489 e. The molecule has 0 aliphatic carbocycles. The quantitative estimate of drug-likeness (QED) is 0.480. The molecule has 0 bridgehead atoms. The van der Waals surface area contributed by atoms with Gasteiger partial charge in [-0.05, 0) is 30.2 Å². The van der Waals surface area contributed by atoms with Gasteiger partial charge in [0.05, 0.1) is 7.11 Å². The second-order valence-electron chi connectivity index (χ2n) is 5.37. The van der Waals surface area contributed by atoms with E-state index in [-0.39, 0.29) is 11.0 Å². The summed E-state index contributed by atoms with van der Waals surface area (Å²) in [4.78, 5) is 1.85. The monoisotopic (exact) mass is 321 g/mol. The van der Waals surface area contributed by atoms with Crippen LogP contribution in [0.15, 0.2) is 72.1 Å². The van der Waals surface area contributed by atoms with Gasteiger partial charge < -0.3 is 9.64 Å². The van der Waals surface area contributed by atoms with Crippen molar-refractivity contribution >= 4 is 18.9 Å². The number of halogens is 2. The zero-order chi connectivity index (χ0) is 17.3. The van der Waals surface area contributed by atoms with Gasteiger partial charge >= 0.3 is 0 Å². The Bertz CT molecular complexity index is 850. The van der Waals surface area contributed by atoms with Crippen molar-refractivity contribution in [2.24, 2.45) is 0 Å². The van der Waals surface area contributed by atoms with Crippen LogP contribution < -0.4 is 5.46 Å². The summed E-state index contributed by atoms with van der Waals surface area (Å²) in [5.41, 5.74) is 5.50. The van der Waals surface area contributed by atoms with Gasteiger partial charge in [-0.25, -0.2) is 8.78 Å². The number of rotatable bonds is 3. The molecule has 2 radical (unpaired) electrons. The smallest absolute Gasteiger partial charge is 0.168 e.